The third kappa shape index (κ3) is 3.07. The van der Waals surface area contributed by atoms with Crippen molar-refractivity contribution in [3.05, 3.63) is 70.0 Å². The number of hydrogen-bond donors (Lipinski definition) is 0. The lowest BCUT2D eigenvalue weighted by atomic mass is 10.1. The van der Waals surface area contributed by atoms with Gasteiger partial charge in [-0.2, -0.15) is 0 Å². The molecule has 5 heteroatoms. The molecule has 0 unspecified atom stereocenters. The molecule has 1 aromatic carbocycles. The number of fused-ring (bicyclic) bond motifs is 2. The van der Waals surface area contributed by atoms with Gasteiger partial charge >= 0.3 is 0 Å². The van der Waals surface area contributed by atoms with E-state index in [4.69, 9.17) is 0 Å². The summed E-state index contributed by atoms with van der Waals surface area (Å²) in [4.78, 5) is 33.1. The number of pyridine rings is 1. The Morgan fingerprint density at radius 1 is 1.00 bits per heavy atom. The highest BCUT2D eigenvalue weighted by molar-refractivity contribution is 5.81. The normalized spacial score (nSPS) is 13.7. The summed E-state index contributed by atoms with van der Waals surface area (Å²) in [6.07, 6.45) is 3.04. The Bertz CT molecular complexity index is 1090. The van der Waals surface area contributed by atoms with Crippen molar-refractivity contribution in [1.82, 2.24) is 14.5 Å². The standard InChI is InChI=1S/C20H15N3O2/c24-16-7-9-19-22-18-13-14(4-6-15-3-1-2-11-21-15)5-8-17(18)20(25)23(19)12-10-16/h1-3,5,8,11,13H,7,9-10,12H2. The van der Waals surface area contributed by atoms with E-state index >= 15 is 0 Å². The van der Waals surface area contributed by atoms with Crippen LogP contribution < -0.4 is 5.56 Å². The fourth-order valence-electron chi connectivity index (χ4n) is 2.95. The Labute approximate surface area is 144 Å². The summed E-state index contributed by atoms with van der Waals surface area (Å²) in [5, 5.41) is 0.557. The summed E-state index contributed by atoms with van der Waals surface area (Å²) in [6.45, 7) is 0.414. The molecule has 122 valence electrons. The predicted molar refractivity (Wildman–Crippen MR) is 94.2 cm³/mol. The molecule has 0 saturated carbocycles. The van der Waals surface area contributed by atoms with E-state index in [-0.39, 0.29) is 11.3 Å². The molecule has 1 aliphatic rings. The van der Waals surface area contributed by atoms with Crippen molar-refractivity contribution < 1.29 is 4.79 Å². The van der Waals surface area contributed by atoms with Gasteiger partial charge in [0.25, 0.3) is 5.56 Å². The summed E-state index contributed by atoms with van der Waals surface area (Å²) in [5.41, 5.74) is 2.01. The zero-order valence-corrected chi connectivity index (χ0v) is 13.5. The molecule has 0 N–H and O–H groups in total. The predicted octanol–water partition coefficient (Wildman–Crippen LogP) is 2.10. The molecule has 5 nitrogen and oxygen atoms in total. The molecule has 3 aromatic rings. The number of aromatic nitrogens is 3. The zero-order chi connectivity index (χ0) is 17.2. The average Bonchev–Trinajstić information content (AvgIpc) is 2.83. The van der Waals surface area contributed by atoms with Crippen molar-refractivity contribution in [1.29, 1.82) is 0 Å². The van der Waals surface area contributed by atoms with E-state index < -0.39 is 0 Å². The van der Waals surface area contributed by atoms with Gasteiger partial charge in [0.15, 0.2) is 0 Å². The van der Waals surface area contributed by atoms with E-state index in [1.807, 2.05) is 30.3 Å². The molecule has 4 rings (SSSR count). The fourth-order valence-corrected chi connectivity index (χ4v) is 2.95. The van der Waals surface area contributed by atoms with Crippen molar-refractivity contribution in [3.63, 3.8) is 0 Å². The maximum atomic E-state index is 12.7. The van der Waals surface area contributed by atoms with E-state index in [0.717, 1.165) is 5.56 Å². The minimum atomic E-state index is -0.0843. The van der Waals surface area contributed by atoms with Gasteiger partial charge in [-0.15, -0.1) is 0 Å². The number of aryl methyl sites for hydroxylation is 1. The first-order valence-corrected chi connectivity index (χ1v) is 8.19. The highest BCUT2D eigenvalue weighted by Crippen LogP contribution is 2.15. The lowest BCUT2D eigenvalue weighted by Crippen LogP contribution is -2.24. The van der Waals surface area contributed by atoms with Crippen molar-refractivity contribution in [2.75, 3.05) is 0 Å². The number of ketones is 1. The van der Waals surface area contributed by atoms with Crippen LogP contribution >= 0.6 is 0 Å². The Kier molecular flexibility index (Phi) is 3.87. The van der Waals surface area contributed by atoms with E-state index in [1.54, 1.807) is 16.8 Å². The van der Waals surface area contributed by atoms with Crippen LogP contribution in [0.3, 0.4) is 0 Å². The van der Waals surface area contributed by atoms with Crippen molar-refractivity contribution in [3.8, 4) is 11.8 Å². The Balaban J connectivity index is 1.78. The Hall–Kier alpha value is -3.26. The maximum Gasteiger partial charge on any atom is 0.261 e. The lowest BCUT2D eigenvalue weighted by Gasteiger charge is -2.09. The number of carbonyl (C=O) groups excluding carboxylic acids is 1. The first-order chi connectivity index (χ1) is 12.2. The van der Waals surface area contributed by atoms with Crippen LogP contribution in [-0.4, -0.2) is 20.3 Å². The monoisotopic (exact) mass is 329 g/mol. The third-order valence-electron chi connectivity index (χ3n) is 4.28. The van der Waals surface area contributed by atoms with Gasteiger partial charge in [-0.05, 0) is 36.3 Å². The fraction of sp³-hybridized carbons (Fsp3) is 0.200. The highest BCUT2D eigenvalue weighted by Gasteiger charge is 2.17. The molecule has 0 amide bonds. The second kappa shape index (κ2) is 6.33. The SMILES string of the molecule is O=C1CCc2nc3cc(C#Cc4ccccn4)ccc3c(=O)n2CC1. The van der Waals surface area contributed by atoms with Crippen LogP contribution in [0.25, 0.3) is 10.9 Å². The number of Topliss-reactive ketones (excluding diaryl/α,β-unsaturated/α-hetero) is 1. The molecule has 1 aliphatic heterocycles. The Morgan fingerprint density at radius 2 is 1.92 bits per heavy atom. The quantitative estimate of drug-likeness (QED) is 0.593. The minimum Gasteiger partial charge on any atom is -0.300 e. The van der Waals surface area contributed by atoms with Crippen LogP contribution in [0.1, 0.15) is 29.9 Å². The first-order valence-electron chi connectivity index (χ1n) is 8.19. The van der Waals surface area contributed by atoms with Crippen LogP contribution in [0.4, 0.5) is 0 Å². The number of benzene rings is 1. The topological polar surface area (TPSA) is 64.8 Å². The third-order valence-corrected chi connectivity index (χ3v) is 4.28. The van der Waals surface area contributed by atoms with Crippen molar-refractivity contribution in [2.45, 2.75) is 25.8 Å². The largest absolute Gasteiger partial charge is 0.300 e. The van der Waals surface area contributed by atoms with Gasteiger partial charge in [0.05, 0.1) is 10.9 Å². The van der Waals surface area contributed by atoms with Gasteiger partial charge in [0, 0.05) is 37.6 Å². The zero-order valence-electron chi connectivity index (χ0n) is 13.5. The van der Waals surface area contributed by atoms with Crippen LogP contribution in [0, 0.1) is 11.8 Å². The van der Waals surface area contributed by atoms with Crippen LogP contribution in [-0.2, 0) is 17.8 Å². The molecule has 0 atom stereocenters. The highest BCUT2D eigenvalue weighted by atomic mass is 16.1. The number of nitrogens with zero attached hydrogens (tertiary/aromatic N) is 3. The van der Waals surface area contributed by atoms with Crippen molar-refractivity contribution in [2.24, 2.45) is 0 Å². The van der Waals surface area contributed by atoms with Gasteiger partial charge in [0.2, 0.25) is 0 Å². The molecule has 3 heterocycles. The van der Waals surface area contributed by atoms with E-state index in [1.165, 1.54) is 0 Å². The van der Waals surface area contributed by atoms with Crippen LogP contribution in [0.15, 0.2) is 47.4 Å². The smallest absolute Gasteiger partial charge is 0.261 e. The molecule has 2 aromatic heterocycles. The van der Waals surface area contributed by atoms with E-state index in [0.29, 0.717) is 48.2 Å². The molecule has 0 radical (unpaired) electrons. The summed E-state index contributed by atoms with van der Waals surface area (Å²) in [5.74, 6) is 6.91. The second-order valence-corrected chi connectivity index (χ2v) is 5.97. The molecule has 0 bridgehead atoms. The van der Waals surface area contributed by atoms with E-state index in [9.17, 15) is 9.59 Å². The lowest BCUT2D eigenvalue weighted by molar-refractivity contribution is -0.119. The molecular formula is C20H15N3O2. The maximum absolute atomic E-state index is 12.7. The number of carbonyl (C=O) groups is 1. The van der Waals surface area contributed by atoms with Crippen LogP contribution in [0.5, 0.6) is 0 Å². The molecule has 0 spiro atoms. The van der Waals surface area contributed by atoms with Crippen molar-refractivity contribution >= 4 is 16.7 Å². The van der Waals surface area contributed by atoms with Gasteiger partial charge in [-0.3, -0.25) is 14.2 Å². The summed E-state index contributed by atoms with van der Waals surface area (Å²) < 4.78 is 1.63. The molecule has 25 heavy (non-hydrogen) atoms. The van der Waals surface area contributed by atoms with Gasteiger partial charge in [0.1, 0.15) is 17.3 Å². The number of hydrogen-bond acceptors (Lipinski definition) is 4. The first kappa shape index (κ1) is 15.3. The van der Waals surface area contributed by atoms with Gasteiger partial charge in [-0.25, -0.2) is 9.97 Å². The molecular weight excluding hydrogens is 314 g/mol. The average molecular weight is 329 g/mol. The summed E-state index contributed by atoms with van der Waals surface area (Å²) >= 11 is 0. The van der Waals surface area contributed by atoms with Crippen LogP contribution in [0.2, 0.25) is 0 Å². The number of rotatable bonds is 0. The summed E-state index contributed by atoms with van der Waals surface area (Å²) in [6, 6.07) is 11.0. The summed E-state index contributed by atoms with van der Waals surface area (Å²) in [7, 11) is 0. The van der Waals surface area contributed by atoms with Gasteiger partial charge < -0.3 is 0 Å². The second-order valence-electron chi connectivity index (χ2n) is 5.97. The molecule has 0 aliphatic carbocycles. The van der Waals surface area contributed by atoms with E-state index in [2.05, 4.69) is 21.8 Å². The molecule has 0 fully saturated rings. The van der Waals surface area contributed by atoms with Gasteiger partial charge in [-0.1, -0.05) is 12.0 Å². The minimum absolute atomic E-state index is 0.0843. The Morgan fingerprint density at radius 3 is 2.76 bits per heavy atom. The molecule has 0 saturated heterocycles.